The highest BCUT2D eigenvalue weighted by atomic mass is 32.2. The Kier molecular flexibility index (Phi) is 5.12. The fourth-order valence-electron chi connectivity index (χ4n) is 4.01. The van der Waals surface area contributed by atoms with E-state index in [1.807, 2.05) is 11.8 Å². The molecule has 0 radical (unpaired) electrons. The number of thioether (sulfide) groups is 1. The molecule has 2 N–H and O–H groups in total. The van der Waals surface area contributed by atoms with Gasteiger partial charge in [0, 0.05) is 17.3 Å². The minimum absolute atomic E-state index is 0.128. The van der Waals surface area contributed by atoms with Crippen LogP contribution in [0.25, 0.3) is 0 Å². The molecule has 4 nitrogen and oxygen atoms in total. The first-order valence-electron chi connectivity index (χ1n) is 8.56. The smallest absolute Gasteiger partial charge is 0.237 e. The second-order valence-electron chi connectivity index (χ2n) is 7.00. The normalized spacial score (nSPS) is 35.2. The van der Waals surface area contributed by atoms with Crippen LogP contribution < -0.4 is 10.6 Å². The Hall–Kier alpha value is -0.260. The van der Waals surface area contributed by atoms with Crippen molar-refractivity contribution >= 4 is 17.7 Å². The number of carbonyl (C=O) groups excluding carboxylic acids is 1. The quantitative estimate of drug-likeness (QED) is 0.828. The third-order valence-electron chi connectivity index (χ3n) is 5.31. The van der Waals surface area contributed by atoms with E-state index in [1.165, 1.54) is 37.9 Å². The Balaban J connectivity index is 1.53. The molecular formula is C16H29N3OS. The van der Waals surface area contributed by atoms with Gasteiger partial charge in [-0.1, -0.05) is 0 Å². The second-order valence-corrected chi connectivity index (χ2v) is 8.68. The summed E-state index contributed by atoms with van der Waals surface area (Å²) in [5.41, 5.74) is 0. The number of amides is 1. The van der Waals surface area contributed by atoms with Crippen LogP contribution in [-0.4, -0.2) is 59.6 Å². The molecule has 0 aromatic carbocycles. The maximum absolute atomic E-state index is 12.6. The van der Waals surface area contributed by atoms with Crippen LogP contribution in [0.3, 0.4) is 0 Å². The molecule has 0 spiro atoms. The first-order chi connectivity index (χ1) is 10.2. The number of piperidine rings is 1. The molecule has 0 aliphatic carbocycles. The van der Waals surface area contributed by atoms with E-state index in [4.69, 9.17) is 0 Å². The molecule has 3 aliphatic rings. The third-order valence-corrected chi connectivity index (χ3v) is 6.85. The van der Waals surface area contributed by atoms with Crippen LogP contribution in [0.15, 0.2) is 0 Å². The summed E-state index contributed by atoms with van der Waals surface area (Å²) in [6, 6.07) is 0.740. The molecule has 3 rings (SSSR count). The van der Waals surface area contributed by atoms with E-state index in [0.29, 0.717) is 6.04 Å². The molecule has 2 atom stereocenters. The summed E-state index contributed by atoms with van der Waals surface area (Å²) >= 11 is 2.02. The van der Waals surface area contributed by atoms with Gasteiger partial charge in [-0.25, -0.2) is 0 Å². The number of rotatable bonds is 4. The molecule has 0 aromatic rings. The molecule has 0 saturated carbocycles. The van der Waals surface area contributed by atoms with E-state index in [9.17, 15) is 4.79 Å². The number of carbonyl (C=O) groups is 1. The number of nitrogens with zero attached hydrogens (tertiary/aromatic N) is 1. The average Bonchev–Trinajstić information content (AvgIpc) is 3.15. The van der Waals surface area contributed by atoms with Crippen molar-refractivity contribution in [1.82, 2.24) is 15.5 Å². The van der Waals surface area contributed by atoms with Crippen molar-refractivity contribution < 1.29 is 4.79 Å². The van der Waals surface area contributed by atoms with E-state index < -0.39 is 0 Å². The Labute approximate surface area is 132 Å². The van der Waals surface area contributed by atoms with E-state index in [2.05, 4.69) is 22.5 Å². The molecule has 2 unspecified atom stereocenters. The molecule has 5 heteroatoms. The summed E-state index contributed by atoms with van der Waals surface area (Å²) in [6.07, 6.45) is 7.13. The van der Waals surface area contributed by atoms with Crippen LogP contribution >= 0.6 is 11.8 Å². The molecule has 3 fully saturated rings. The number of nitrogens with one attached hydrogen (secondary N) is 2. The largest absolute Gasteiger partial charge is 0.353 e. The summed E-state index contributed by atoms with van der Waals surface area (Å²) in [4.78, 5) is 15.1. The monoisotopic (exact) mass is 311 g/mol. The lowest BCUT2D eigenvalue weighted by Crippen LogP contribution is -2.52. The van der Waals surface area contributed by atoms with Crippen molar-refractivity contribution in [2.45, 2.75) is 62.3 Å². The fourth-order valence-corrected chi connectivity index (χ4v) is 5.26. The summed E-state index contributed by atoms with van der Waals surface area (Å²) in [7, 11) is 0. The second kappa shape index (κ2) is 6.88. The maximum Gasteiger partial charge on any atom is 0.237 e. The van der Waals surface area contributed by atoms with Crippen molar-refractivity contribution in [1.29, 1.82) is 0 Å². The Morgan fingerprint density at radius 2 is 2.14 bits per heavy atom. The van der Waals surface area contributed by atoms with Gasteiger partial charge in [-0.15, -0.1) is 0 Å². The van der Waals surface area contributed by atoms with E-state index in [-0.39, 0.29) is 16.7 Å². The first kappa shape index (κ1) is 15.6. The average molecular weight is 311 g/mol. The highest BCUT2D eigenvalue weighted by Gasteiger charge is 2.37. The minimum atomic E-state index is 0.128. The topological polar surface area (TPSA) is 44.4 Å². The molecule has 3 saturated heterocycles. The molecule has 120 valence electrons. The van der Waals surface area contributed by atoms with E-state index in [0.717, 1.165) is 32.6 Å². The zero-order valence-electron chi connectivity index (χ0n) is 13.2. The Bertz CT molecular complexity index is 365. The van der Waals surface area contributed by atoms with Gasteiger partial charge in [0.25, 0.3) is 0 Å². The lowest BCUT2D eigenvalue weighted by molar-refractivity contribution is -0.126. The number of hydrogen-bond acceptors (Lipinski definition) is 4. The van der Waals surface area contributed by atoms with Gasteiger partial charge < -0.3 is 10.6 Å². The molecule has 0 bridgehead atoms. The summed E-state index contributed by atoms with van der Waals surface area (Å²) < 4.78 is 0.272. The van der Waals surface area contributed by atoms with Crippen LogP contribution in [0.2, 0.25) is 0 Å². The van der Waals surface area contributed by atoms with Gasteiger partial charge in [-0.05, 0) is 70.8 Å². The lowest BCUT2D eigenvalue weighted by Gasteiger charge is -2.35. The fraction of sp³-hybridized carbons (Fsp3) is 0.938. The van der Waals surface area contributed by atoms with Gasteiger partial charge in [-0.2, -0.15) is 11.8 Å². The van der Waals surface area contributed by atoms with Crippen LogP contribution in [0.4, 0.5) is 0 Å². The van der Waals surface area contributed by atoms with Crippen LogP contribution in [0.1, 0.15) is 45.4 Å². The number of likely N-dealkylation sites (tertiary alicyclic amines) is 1. The first-order valence-corrected chi connectivity index (χ1v) is 9.55. The van der Waals surface area contributed by atoms with Crippen molar-refractivity contribution in [2.75, 3.05) is 31.9 Å². The van der Waals surface area contributed by atoms with Crippen molar-refractivity contribution in [3.8, 4) is 0 Å². The predicted molar refractivity (Wildman–Crippen MR) is 88.7 cm³/mol. The van der Waals surface area contributed by atoms with E-state index in [1.54, 1.807) is 0 Å². The van der Waals surface area contributed by atoms with Gasteiger partial charge in [0.05, 0.1) is 6.04 Å². The van der Waals surface area contributed by atoms with Crippen LogP contribution in [0.5, 0.6) is 0 Å². The standard InChI is InChI=1S/C16H29N3OS/c1-16(7-3-11-21-16)12-18-15(20)14-4-2-10-19(14)13-5-8-17-9-6-13/h13-14,17H,2-12H2,1H3,(H,18,20). The Morgan fingerprint density at radius 3 is 2.86 bits per heavy atom. The SMILES string of the molecule is CC1(CNC(=O)C2CCCN2C2CCNCC2)CCCS1. The zero-order valence-corrected chi connectivity index (χ0v) is 14.0. The molecule has 0 aromatic heterocycles. The predicted octanol–water partition coefficient (Wildman–Crippen LogP) is 1.60. The van der Waals surface area contributed by atoms with Gasteiger partial charge >= 0.3 is 0 Å². The van der Waals surface area contributed by atoms with Gasteiger partial charge in [0.2, 0.25) is 5.91 Å². The van der Waals surface area contributed by atoms with Gasteiger partial charge in [0.15, 0.2) is 0 Å². The molecule has 21 heavy (non-hydrogen) atoms. The molecule has 3 aliphatic heterocycles. The van der Waals surface area contributed by atoms with Crippen LogP contribution in [0, 0.1) is 0 Å². The zero-order chi connectivity index (χ0) is 14.7. The van der Waals surface area contributed by atoms with Crippen molar-refractivity contribution in [2.24, 2.45) is 0 Å². The molecule has 3 heterocycles. The Morgan fingerprint density at radius 1 is 1.33 bits per heavy atom. The third kappa shape index (κ3) is 3.74. The van der Waals surface area contributed by atoms with Gasteiger partial charge in [0.1, 0.15) is 0 Å². The summed E-state index contributed by atoms with van der Waals surface area (Å²) in [6.45, 7) is 6.44. The lowest BCUT2D eigenvalue weighted by atomic mass is 10.0. The van der Waals surface area contributed by atoms with Crippen LogP contribution in [-0.2, 0) is 4.79 Å². The van der Waals surface area contributed by atoms with Crippen molar-refractivity contribution in [3.05, 3.63) is 0 Å². The maximum atomic E-state index is 12.6. The van der Waals surface area contributed by atoms with Crippen molar-refractivity contribution in [3.63, 3.8) is 0 Å². The number of hydrogen-bond donors (Lipinski definition) is 2. The summed E-state index contributed by atoms with van der Waals surface area (Å²) in [5, 5.41) is 6.68. The van der Waals surface area contributed by atoms with Gasteiger partial charge in [-0.3, -0.25) is 9.69 Å². The molecule has 1 amide bonds. The highest BCUT2D eigenvalue weighted by Crippen LogP contribution is 2.37. The van der Waals surface area contributed by atoms with E-state index >= 15 is 0 Å². The molecular weight excluding hydrogens is 282 g/mol. The highest BCUT2D eigenvalue weighted by molar-refractivity contribution is 8.00. The summed E-state index contributed by atoms with van der Waals surface area (Å²) in [5.74, 6) is 1.52. The minimum Gasteiger partial charge on any atom is -0.353 e.